The number of benzene rings is 3. The number of aryl methyl sites for hydroxylation is 1. The second kappa shape index (κ2) is 8.58. The Morgan fingerprint density at radius 3 is 2.16 bits per heavy atom. The van der Waals surface area contributed by atoms with Gasteiger partial charge in [-0.1, -0.05) is 54.6 Å². The highest BCUT2D eigenvalue weighted by Crippen LogP contribution is 2.49. The number of nitrogens with zero attached hydrogens (tertiary/aromatic N) is 1. The predicted molar refractivity (Wildman–Crippen MR) is 145 cm³/mol. The Bertz CT molecular complexity index is 1640. The Labute approximate surface area is 216 Å². The SMILES string of the molecule is Cc1ccc2ccccc2c1Cn1cc(C2C3=C(CCCC3=O)OC3=C2C(=O)CCC3)c2ccccc21. The molecule has 0 spiro atoms. The van der Waals surface area contributed by atoms with E-state index in [1.54, 1.807) is 0 Å². The Morgan fingerprint density at radius 1 is 0.784 bits per heavy atom. The molecule has 0 fully saturated rings. The summed E-state index contributed by atoms with van der Waals surface area (Å²) in [6.07, 6.45) is 6.37. The van der Waals surface area contributed by atoms with Crippen molar-refractivity contribution in [2.24, 2.45) is 0 Å². The number of ketones is 2. The van der Waals surface area contributed by atoms with E-state index >= 15 is 0 Å². The van der Waals surface area contributed by atoms with Crippen molar-refractivity contribution < 1.29 is 14.3 Å². The van der Waals surface area contributed by atoms with Gasteiger partial charge in [-0.05, 0) is 53.3 Å². The molecule has 0 saturated heterocycles. The molecule has 7 rings (SSSR count). The minimum absolute atomic E-state index is 0.123. The molecule has 2 heterocycles. The van der Waals surface area contributed by atoms with Gasteiger partial charge in [0.2, 0.25) is 0 Å². The van der Waals surface area contributed by atoms with E-state index < -0.39 is 0 Å². The highest BCUT2D eigenvalue weighted by molar-refractivity contribution is 6.07. The number of hydrogen-bond donors (Lipinski definition) is 0. The van der Waals surface area contributed by atoms with Crippen LogP contribution in [-0.2, 0) is 20.9 Å². The first-order chi connectivity index (χ1) is 18.1. The van der Waals surface area contributed by atoms with Gasteiger partial charge in [-0.3, -0.25) is 9.59 Å². The molecule has 184 valence electrons. The van der Waals surface area contributed by atoms with Gasteiger partial charge >= 0.3 is 0 Å². The van der Waals surface area contributed by atoms with E-state index in [1.165, 1.54) is 21.9 Å². The monoisotopic (exact) mass is 487 g/mol. The average Bonchev–Trinajstić information content (AvgIpc) is 3.27. The summed E-state index contributed by atoms with van der Waals surface area (Å²) < 4.78 is 8.58. The number of rotatable bonds is 3. The summed E-state index contributed by atoms with van der Waals surface area (Å²) in [4.78, 5) is 26.7. The van der Waals surface area contributed by atoms with Crippen LogP contribution in [0.25, 0.3) is 21.7 Å². The van der Waals surface area contributed by atoms with Crippen molar-refractivity contribution in [2.75, 3.05) is 0 Å². The third-order valence-electron chi connectivity index (χ3n) is 8.37. The van der Waals surface area contributed by atoms with Crippen molar-refractivity contribution >= 4 is 33.2 Å². The summed E-state index contributed by atoms with van der Waals surface area (Å²) in [5.41, 5.74) is 6.13. The number of carbonyl (C=O) groups is 2. The normalized spacial score (nSPS) is 18.4. The second-order valence-electron chi connectivity index (χ2n) is 10.6. The van der Waals surface area contributed by atoms with Gasteiger partial charge in [0.1, 0.15) is 11.5 Å². The van der Waals surface area contributed by atoms with Gasteiger partial charge in [-0.25, -0.2) is 0 Å². The van der Waals surface area contributed by atoms with Crippen LogP contribution in [0.5, 0.6) is 0 Å². The molecule has 1 aromatic heterocycles. The lowest BCUT2D eigenvalue weighted by atomic mass is 9.73. The van der Waals surface area contributed by atoms with Gasteiger partial charge in [0, 0.05) is 66.4 Å². The van der Waals surface area contributed by atoms with Crippen molar-refractivity contribution in [3.63, 3.8) is 0 Å². The molecule has 0 unspecified atom stereocenters. The lowest BCUT2D eigenvalue weighted by molar-refractivity contribution is -0.117. The molecule has 0 saturated carbocycles. The largest absolute Gasteiger partial charge is 0.465 e. The van der Waals surface area contributed by atoms with Gasteiger partial charge in [-0.2, -0.15) is 0 Å². The van der Waals surface area contributed by atoms with Crippen molar-refractivity contribution in [1.82, 2.24) is 4.57 Å². The van der Waals surface area contributed by atoms with E-state index in [0.717, 1.165) is 60.2 Å². The molecule has 0 N–H and O–H groups in total. The first-order valence-corrected chi connectivity index (χ1v) is 13.4. The molecular formula is C33H29NO3. The molecular weight excluding hydrogens is 458 g/mol. The molecule has 0 bridgehead atoms. The molecule has 1 aliphatic heterocycles. The number of fused-ring (bicyclic) bond motifs is 2. The standard InChI is InChI=1S/C33H29NO3/c1-20-16-17-21-8-2-3-9-22(21)24(20)18-34-19-25(23-10-4-5-11-26(23)34)31-32-27(35)12-6-14-29(32)37-30-15-7-13-28(36)33(30)31/h2-5,8-11,16-17,19,31H,6-7,12-15,18H2,1H3. The van der Waals surface area contributed by atoms with Crippen LogP contribution in [0, 0.1) is 6.92 Å². The summed E-state index contributed by atoms with van der Waals surface area (Å²) in [5, 5.41) is 3.59. The summed E-state index contributed by atoms with van der Waals surface area (Å²) in [5.74, 6) is 1.47. The number of Topliss-reactive ketones (excluding diaryl/α,β-unsaturated/α-hetero) is 2. The molecule has 4 aromatic rings. The van der Waals surface area contributed by atoms with Gasteiger partial charge in [-0.15, -0.1) is 0 Å². The van der Waals surface area contributed by atoms with Crippen LogP contribution in [0.4, 0.5) is 0 Å². The van der Waals surface area contributed by atoms with Gasteiger partial charge in [0.25, 0.3) is 0 Å². The molecule has 0 atom stereocenters. The summed E-state index contributed by atoms with van der Waals surface area (Å²) >= 11 is 0. The van der Waals surface area contributed by atoms with E-state index in [4.69, 9.17) is 4.74 Å². The van der Waals surface area contributed by atoms with E-state index in [2.05, 4.69) is 78.4 Å². The van der Waals surface area contributed by atoms with Crippen LogP contribution >= 0.6 is 0 Å². The Hall–Kier alpha value is -3.92. The number of hydrogen-bond acceptors (Lipinski definition) is 3. The number of allylic oxidation sites excluding steroid dienone is 4. The molecule has 4 heteroatoms. The second-order valence-corrected chi connectivity index (χ2v) is 10.6. The minimum atomic E-state index is -0.348. The van der Waals surface area contributed by atoms with Crippen molar-refractivity contribution in [2.45, 2.75) is 57.9 Å². The van der Waals surface area contributed by atoms with E-state index in [9.17, 15) is 9.59 Å². The van der Waals surface area contributed by atoms with Crippen LogP contribution in [0.2, 0.25) is 0 Å². The Balaban J connectivity index is 1.44. The third kappa shape index (κ3) is 3.50. The molecule has 4 nitrogen and oxygen atoms in total. The third-order valence-corrected chi connectivity index (χ3v) is 8.37. The maximum atomic E-state index is 13.3. The van der Waals surface area contributed by atoms with E-state index in [-0.39, 0.29) is 17.5 Å². The van der Waals surface area contributed by atoms with Crippen molar-refractivity contribution in [3.8, 4) is 0 Å². The highest BCUT2D eigenvalue weighted by Gasteiger charge is 2.42. The fraction of sp³-hybridized carbons (Fsp3) is 0.273. The van der Waals surface area contributed by atoms with Gasteiger partial charge in [0.05, 0.1) is 0 Å². The quantitative estimate of drug-likeness (QED) is 0.305. The number of carbonyl (C=O) groups excluding carboxylic acids is 2. The summed E-state index contributed by atoms with van der Waals surface area (Å²) in [6, 6.07) is 21.3. The number of ether oxygens (including phenoxy) is 1. The average molecular weight is 488 g/mol. The zero-order chi connectivity index (χ0) is 25.1. The number of aromatic nitrogens is 1. The summed E-state index contributed by atoms with van der Waals surface area (Å²) in [6.45, 7) is 2.89. The first-order valence-electron chi connectivity index (χ1n) is 13.4. The zero-order valence-corrected chi connectivity index (χ0v) is 21.0. The predicted octanol–water partition coefficient (Wildman–Crippen LogP) is 7.28. The fourth-order valence-electron chi connectivity index (χ4n) is 6.59. The topological polar surface area (TPSA) is 48.3 Å². The fourth-order valence-corrected chi connectivity index (χ4v) is 6.59. The van der Waals surface area contributed by atoms with Crippen molar-refractivity contribution in [1.29, 1.82) is 0 Å². The molecule has 2 aliphatic carbocycles. The smallest absolute Gasteiger partial charge is 0.163 e. The minimum Gasteiger partial charge on any atom is -0.465 e. The molecule has 3 aliphatic rings. The maximum Gasteiger partial charge on any atom is 0.163 e. The lowest BCUT2D eigenvalue weighted by Gasteiger charge is -2.35. The van der Waals surface area contributed by atoms with Crippen LogP contribution in [0.1, 0.15) is 61.1 Å². The van der Waals surface area contributed by atoms with Crippen molar-refractivity contribution in [3.05, 3.63) is 106 Å². The summed E-state index contributed by atoms with van der Waals surface area (Å²) in [7, 11) is 0. The van der Waals surface area contributed by atoms with E-state index in [1.807, 2.05) is 0 Å². The van der Waals surface area contributed by atoms with E-state index in [0.29, 0.717) is 24.0 Å². The number of para-hydroxylation sites is 1. The van der Waals surface area contributed by atoms with Crippen LogP contribution < -0.4 is 0 Å². The van der Waals surface area contributed by atoms with Crippen LogP contribution in [0.3, 0.4) is 0 Å². The maximum absolute atomic E-state index is 13.3. The highest BCUT2D eigenvalue weighted by atomic mass is 16.5. The molecule has 3 aromatic carbocycles. The molecule has 0 amide bonds. The lowest BCUT2D eigenvalue weighted by Crippen LogP contribution is -2.30. The molecule has 37 heavy (non-hydrogen) atoms. The van der Waals surface area contributed by atoms with Crippen LogP contribution in [0.15, 0.2) is 89.5 Å². The Kier molecular flexibility index (Phi) is 5.17. The first kappa shape index (κ1) is 22.3. The van der Waals surface area contributed by atoms with Crippen LogP contribution in [-0.4, -0.2) is 16.1 Å². The zero-order valence-electron chi connectivity index (χ0n) is 21.0. The Morgan fingerprint density at radius 2 is 1.43 bits per heavy atom. The molecule has 0 radical (unpaired) electrons. The van der Waals surface area contributed by atoms with Gasteiger partial charge in [0.15, 0.2) is 11.6 Å². The van der Waals surface area contributed by atoms with Gasteiger partial charge < -0.3 is 9.30 Å².